The molecular formula is C23H21N3O7. The van der Waals surface area contributed by atoms with Crippen LogP contribution in [-0.2, 0) is 19.1 Å². The molecule has 4 amide bonds. The number of carbonyl (C=O) groups excluding carboxylic acids is 5. The molecular weight excluding hydrogens is 430 g/mol. The maximum Gasteiger partial charge on any atom is 0.311 e. The molecule has 10 nitrogen and oxygen atoms in total. The fourth-order valence-electron chi connectivity index (χ4n) is 3.78. The monoisotopic (exact) mass is 451 g/mol. The van der Waals surface area contributed by atoms with Crippen LogP contribution in [-0.4, -0.2) is 61.8 Å². The number of rotatable bonds is 6. The van der Waals surface area contributed by atoms with Crippen molar-refractivity contribution < 1.29 is 33.4 Å². The second-order valence-corrected chi connectivity index (χ2v) is 7.69. The summed E-state index contributed by atoms with van der Waals surface area (Å²) in [4.78, 5) is 63.5. The highest BCUT2D eigenvalue weighted by molar-refractivity contribution is 6.21. The van der Waals surface area contributed by atoms with E-state index in [-0.39, 0.29) is 30.0 Å². The first-order valence-electron chi connectivity index (χ1n) is 10.2. The third-order valence-electron chi connectivity index (χ3n) is 5.54. The van der Waals surface area contributed by atoms with Gasteiger partial charge in [0.2, 0.25) is 5.91 Å². The van der Waals surface area contributed by atoms with Gasteiger partial charge >= 0.3 is 5.97 Å². The molecule has 0 spiro atoms. The van der Waals surface area contributed by atoms with Gasteiger partial charge in [0.1, 0.15) is 5.75 Å². The van der Waals surface area contributed by atoms with Crippen molar-refractivity contribution in [2.24, 2.45) is 5.92 Å². The molecule has 2 aliphatic heterocycles. The van der Waals surface area contributed by atoms with Crippen LogP contribution in [0.1, 0.15) is 27.1 Å². The molecule has 2 aliphatic rings. The lowest BCUT2D eigenvalue weighted by Gasteiger charge is -2.17. The summed E-state index contributed by atoms with van der Waals surface area (Å²) in [6, 6.07) is 11.3. The maximum atomic E-state index is 12.4. The van der Waals surface area contributed by atoms with Crippen LogP contribution in [0.15, 0.2) is 42.5 Å². The van der Waals surface area contributed by atoms with Crippen molar-refractivity contribution in [1.29, 1.82) is 0 Å². The molecule has 4 rings (SSSR count). The number of ether oxygens (including phenoxy) is 2. The van der Waals surface area contributed by atoms with Crippen LogP contribution in [0.2, 0.25) is 0 Å². The number of esters is 1. The molecule has 1 unspecified atom stereocenters. The summed E-state index contributed by atoms with van der Waals surface area (Å²) in [5.74, 6) is -2.46. The van der Waals surface area contributed by atoms with Gasteiger partial charge < -0.3 is 19.7 Å². The van der Waals surface area contributed by atoms with E-state index in [2.05, 4.69) is 5.32 Å². The standard InChI is InChI=1S/C23H21N3O7/c1-25-21(29)17-7-6-14(9-18(17)22(25)30)24-19(27)12-33-23(31)13-8-20(28)26(11-13)15-4-3-5-16(10-15)32-2/h3-7,9-10,13H,8,11-12H2,1-2H3,(H,24,27). The zero-order chi connectivity index (χ0) is 23.7. The Morgan fingerprint density at radius 3 is 2.58 bits per heavy atom. The van der Waals surface area contributed by atoms with Crippen molar-refractivity contribution in [2.75, 3.05) is 37.5 Å². The summed E-state index contributed by atoms with van der Waals surface area (Å²) in [6.07, 6.45) is -0.0217. The number of imide groups is 1. The summed E-state index contributed by atoms with van der Waals surface area (Å²) in [5.41, 5.74) is 1.37. The minimum atomic E-state index is -0.698. The van der Waals surface area contributed by atoms with Gasteiger partial charge in [-0.15, -0.1) is 0 Å². The van der Waals surface area contributed by atoms with Gasteiger partial charge in [-0.3, -0.25) is 28.9 Å². The fourth-order valence-corrected chi connectivity index (χ4v) is 3.78. The van der Waals surface area contributed by atoms with Crippen molar-refractivity contribution in [3.8, 4) is 5.75 Å². The lowest BCUT2D eigenvalue weighted by Crippen LogP contribution is -2.28. The number of nitrogens with one attached hydrogen (secondary N) is 1. The van der Waals surface area contributed by atoms with Gasteiger partial charge in [-0.2, -0.15) is 0 Å². The van der Waals surface area contributed by atoms with E-state index in [1.807, 2.05) is 0 Å². The highest BCUT2D eigenvalue weighted by atomic mass is 16.5. The van der Waals surface area contributed by atoms with Crippen molar-refractivity contribution in [3.63, 3.8) is 0 Å². The highest BCUT2D eigenvalue weighted by Gasteiger charge is 2.37. The van der Waals surface area contributed by atoms with E-state index < -0.39 is 36.2 Å². The molecule has 10 heteroatoms. The fraction of sp³-hybridized carbons (Fsp3) is 0.261. The van der Waals surface area contributed by atoms with Gasteiger partial charge in [-0.1, -0.05) is 6.07 Å². The van der Waals surface area contributed by atoms with Gasteiger partial charge in [0, 0.05) is 37.5 Å². The van der Waals surface area contributed by atoms with E-state index in [9.17, 15) is 24.0 Å². The quantitative estimate of drug-likeness (QED) is 0.521. The Labute approximate surface area is 189 Å². The van der Waals surface area contributed by atoms with Crippen LogP contribution in [0.4, 0.5) is 11.4 Å². The van der Waals surface area contributed by atoms with Crippen molar-refractivity contribution >= 4 is 41.0 Å². The largest absolute Gasteiger partial charge is 0.497 e. The number of amides is 4. The van der Waals surface area contributed by atoms with Gasteiger partial charge in [0.15, 0.2) is 6.61 Å². The van der Waals surface area contributed by atoms with Crippen LogP contribution in [0.25, 0.3) is 0 Å². The molecule has 0 aromatic heterocycles. The molecule has 1 saturated heterocycles. The molecule has 0 radical (unpaired) electrons. The average Bonchev–Trinajstić information content (AvgIpc) is 3.31. The molecule has 2 aromatic rings. The van der Waals surface area contributed by atoms with Gasteiger partial charge in [0.05, 0.1) is 24.2 Å². The zero-order valence-corrected chi connectivity index (χ0v) is 18.0. The number of fused-ring (bicyclic) bond motifs is 1. The summed E-state index contributed by atoms with van der Waals surface area (Å²) < 4.78 is 10.3. The Morgan fingerprint density at radius 1 is 1.06 bits per heavy atom. The first-order valence-corrected chi connectivity index (χ1v) is 10.2. The average molecular weight is 451 g/mol. The van der Waals surface area contributed by atoms with Crippen LogP contribution < -0.4 is 15.0 Å². The number of hydrogen-bond donors (Lipinski definition) is 1. The minimum absolute atomic E-state index is 0.0217. The molecule has 0 aliphatic carbocycles. The molecule has 0 bridgehead atoms. The number of methoxy groups -OCH3 is 1. The van der Waals surface area contributed by atoms with E-state index in [1.165, 1.54) is 37.3 Å². The van der Waals surface area contributed by atoms with Gasteiger partial charge in [-0.25, -0.2) is 0 Å². The summed E-state index contributed by atoms with van der Waals surface area (Å²) in [7, 11) is 2.90. The maximum absolute atomic E-state index is 12.4. The van der Waals surface area contributed by atoms with E-state index in [0.29, 0.717) is 17.1 Å². The third kappa shape index (κ3) is 4.27. The second kappa shape index (κ2) is 8.73. The Hall–Kier alpha value is -4.21. The summed E-state index contributed by atoms with van der Waals surface area (Å²) in [6.45, 7) is -0.409. The Kier molecular flexibility index (Phi) is 5.82. The Bertz CT molecular complexity index is 1180. The number of hydrogen-bond acceptors (Lipinski definition) is 7. The van der Waals surface area contributed by atoms with E-state index in [0.717, 1.165) is 4.90 Å². The molecule has 0 saturated carbocycles. The SMILES string of the molecule is COc1cccc(N2CC(C(=O)OCC(=O)Nc3ccc4c(c3)C(=O)N(C)C4=O)CC2=O)c1. The topological polar surface area (TPSA) is 122 Å². The second-order valence-electron chi connectivity index (χ2n) is 7.69. The Balaban J connectivity index is 1.32. The van der Waals surface area contributed by atoms with Gasteiger partial charge in [0.25, 0.3) is 17.7 Å². The normalized spacial score (nSPS) is 17.3. The van der Waals surface area contributed by atoms with Crippen molar-refractivity contribution in [2.45, 2.75) is 6.42 Å². The molecule has 1 N–H and O–H groups in total. The van der Waals surface area contributed by atoms with E-state index >= 15 is 0 Å². The van der Waals surface area contributed by atoms with Crippen LogP contribution >= 0.6 is 0 Å². The van der Waals surface area contributed by atoms with Crippen LogP contribution in [0.3, 0.4) is 0 Å². The first kappa shape index (κ1) is 22.0. The smallest absolute Gasteiger partial charge is 0.311 e. The van der Waals surface area contributed by atoms with Crippen LogP contribution in [0, 0.1) is 5.92 Å². The number of anilines is 2. The molecule has 170 valence electrons. The summed E-state index contributed by atoms with van der Waals surface area (Å²) in [5, 5.41) is 2.53. The van der Waals surface area contributed by atoms with Gasteiger partial charge in [-0.05, 0) is 30.3 Å². The number of benzene rings is 2. The van der Waals surface area contributed by atoms with Crippen LogP contribution in [0.5, 0.6) is 5.75 Å². The third-order valence-corrected chi connectivity index (χ3v) is 5.54. The van der Waals surface area contributed by atoms with Crippen molar-refractivity contribution in [1.82, 2.24) is 4.90 Å². The Morgan fingerprint density at radius 2 is 1.82 bits per heavy atom. The number of nitrogens with zero attached hydrogens (tertiary/aromatic N) is 2. The predicted octanol–water partition coefficient (Wildman–Crippen LogP) is 1.46. The number of carbonyl (C=O) groups is 5. The summed E-state index contributed by atoms with van der Waals surface area (Å²) >= 11 is 0. The molecule has 1 fully saturated rings. The molecule has 33 heavy (non-hydrogen) atoms. The molecule has 1 atom stereocenters. The van der Waals surface area contributed by atoms with E-state index in [4.69, 9.17) is 9.47 Å². The first-order chi connectivity index (χ1) is 15.8. The lowest BCUT2D eigenvalue weighted by molar-refractivity contribution is -0.151. The zero-order valence-electron chi connectivity index (χ0n) is 18.0. The van der Waals surface area contributed by atoms with Crippen molar-refractivity contribution in [3.05, 3.63) is 53.6 Å². The van der Waals surface area contributed by atoms with E-state index in [1.54, 1.807) is 24.3 Å². The lowest BCUT2D eigenvalue weighted by atomic mass is 10.1. The minimum Gasteiger partial charge on any atom is -0.497 e. The highest BCUT2D eigenvalue weighted by Crippen LogP contribution is 2.28. The molecule has 2 aromatic carbocycles. The predicted molar refractivity (Wildman–Crippen MR) is 116 cm³/mol. The molecule has 2 heterocycles.